The summed E-state index contributed by atoms with van der Waals surface area (Å²) in [6.45, 7) is 3.20. The molecule has 1 aromatic rings. The van der Waals surface area contributed by atoms with Crippen LogP contribution in [-0.4, -0.2) is 34.9 Å². The number of carbonyl (C=O) groups excluding carboxylic acids is 1. The van der Waals surface area contributed by atoms with Gasteiger partial charge in [0.2, 0.25) is 5.75 Å². The van der Waals surface area contributed by atoms with Gasteiger partial charge in [0.25, 0.3) is 5.91 Å². The quantitative estimate of drug-likeness (QED) is 0.626. The Morgan fingerprint density at radius 2 is 1.94 bits per heavy atom. The molecule has 0 spiro atoms. The number of hydrogen-bond donors (Lipinski definition) is 1. The highest BCUT2D eigenvalue weighted by Crippen LogP contribution is 2.35. The summed E-state index contributed by atoms with van der Waals surface area (Å²) >= 11 is 0. The lowest BCUT2D eigenvalue weighted by atomic mass is 10.0. The number of rotatable bonds is 2. The number of carbonyl (C=O) groups is 1. The zero-order valence-corrected chi connectivity index (χ0v) is 10.1. The van der Waals surface area contributed by atoms with Crippen molar-refractivity contribution in [2.45, 2.75) is 13.8 Å². The molecule has 0 aliphatic carbocycles. The fourth-order valence-electron chi connectivity index (χ4n) is 1.51. The van der Waals surface area contributed by atoms with Gasteiger partial charge in [-0.05, 0) is 25.5 Å². The molecule has 0 unspecified atom stereocenters. The van der Waals surface area contributed by atoms with Crippen molar-refractivity contribution >= 4 is 11.6 Å². The Labute approximate surface area is 98.6 Å². The van der Waals surface area contributed by atoms with Gasteiger partial charge in [-0.3, -0.25) is 14.9 Å². The first-order valence-electron chi connectivity index (χ1n) is 4.96. The number of benzene rings is 1. The standard InChI is InChI=1S/C11H14N2O4/c1-6-5-8(11(15)12(3)4)10(14)9(7(6)2)13(16)17/h5,14H,1-4H3. The highest BCUT2D eigenvalue weighted by Gasteiger charge is 2.26. The van der Waals surface area contributed by atoms with E-state index in [0.717, 1.165) is 0 Å². The van der Waals surface area contributed by atoms with Gasteiger partial charge in [0.15, 0.2) is 0 Å². The third-order valence-electron chi connectivity index (χ3n) is 2.61. The minimum atomic E-state index is -0.676. The third kappa shape index (κ3) is 2.20. The van der Waals surface area contributed by atoms with Crippen LogP contribution in [0.15, 0.2) is 6.07 Å². The summed E-state index contributed by atoms with van der Waals surface area (Å²) < 4.78 is 0. The van der Waals surface area contributed by atoms with Gasteiger partial charge in [-0.15, -0.1) is 0 Å². The van der Waals surface area contributed by atoms with Crippen LogP contribution in [0.4, 0.5) is 5.69 Å². The van der Waals surface area contributed by atoms with Crippen LogP contribution >= 0.6 is 0 Å². The topological polar surface area (TPSA) is 83.7 Å². The second-order valence-corrected chi connectivity index (χ2v) is 4.02. The molecule has 1 aromatic carbocycles. The zero-order chi connectivity index (χ0) is 13.3. The molecule has 0 bridgehead atoms. The number of hydrogen-bond acceptors (Lipinski definition) is 4. The van der Waals surface area contributed by atoms with E-state index in [2.05, 4.69) is 0 Å². The number of nitro benzene ring substituents is 1. The minimum Gasteiger partial charge on any atom is -0.502 e. The van der Waals surface area contributed by atoms with Crippen molar-refractivity contribution in [3.63, 3.8) is 0 Å². The molecule has 0 aliphatic heterocycles. The van der Waals surface area contributed by atoms with Gasteiger partial charge >= 0.3 is 5.69 Å². The highest BCUT2D eigenvalue weighted by molar-refractivity contribution is 5.98. The number of phenolic OH excluding ortho intramolecular Hbond substituents is 1. The van der Waals surface area contributed by atoms with E-state index in [4.69, 9.17) is 0 Å². The summed E-state index contributed by atoms with van der Waals surface area (Å²) in [6.07, 6.45) is 0. The molecule has 6 nitrogen and oxygen atoms in total. The number of aromatic hydroxyl groups is 1. The predicted octanol–water partition coefficient (Wildman–Crippen LogP) is 1.62. The van der Waals surface area contributed by atoms with E-state index in [9.17, 15) is 20.0 Å². The molecule has 0 heterocycles. The number of nitro groups is 1. The van der Waals surface area contributed by atoms with Crippen molar-refractivity contribution in [3.05, 3.63) is 32.9 Å². The van der Waals surface area contributed by atoms with Crippen LogP contribution < -0.4 is 0 Å². The molecule has 1 rings (SSSR count). The number of nitrogens with zero attached hydrogens (tertiary/aromatic N) is 2. The average molecular weight is 238 g/mol. The molecule has 1 amide bonds. The molecular formula is C11H14N2O4. The second kappa shape index (κ2) is 4.40. The Bertz CT molecular complexity index is 495. The Hall–Kier alpha value is -2.11. The highest BCUT2D eigenvalue weighted by atomic mass is 16.6. The lowest BCUT2D eigenvalue weighted by molar-refractivity contribution is -0.386. The van der Waals surface area contributed by atoms with Crippen molar-refractivity contribution in [2.24, 2.45) is 0 Å². The first-order valence-corrected chi connectivity index (χ1v) is 4.96. The van der Waals surface area contributed by atoms with E-state index in [-0.39, 0.29) is 5.56 Å². The summed E-state index contributed by atoms with van der Waals surface area (Å²) in [4.78, 5) is 23.2. The predicted molar refractivity (Wildman–Crippen MR) is 62.3 cm³/mol. The van der Waals surface area contributed by atoms with Gasteiger partial charge < -0.3 is 10.0 Å². The smallest absolute Gasteiger partial charge is 0.314 e. The zero-order valence-electron chi connectivity index (χ0n) is 10.1. The minimum absolute atomic E-state index is 0.0511. The molecule has 0 saturated carbocycles. The van der Waals surface area contributed by atoms with Crippen molar-refractivity contribution < 1.29 is 14.8 Å². The summed E-state index contributed by atoms with van der Waals surface area (Å²) in [5.41, 5.74) is 0.502. The normalized spacial score (nSPS) is 10.1. The molecule has 0 saturated heterocycles. The van der Waals surface area contributed by atoms with Crippen LogP contribution in [0, 0.1) is 24.0 Å². The number of amides is 1. The van der Waals surface area contributed by atoms with E-state index in [1.807, 2.05) is 0 Å². The fraction of sp³-hybridized carbons (Fsp3) is 0.364. The number of phenols is 1. The average Bonchev–Trinajstić information content (AvgIpc) is 2.22. The molecule has 17 heavy (non-hydrogen) atoms. The lowest BCUT2D eigenvalue weighted by Gasteiger charge is -2.13. The Morgan fingerprint density at radius 3 is 2.35 bits per heavy atom. The summed E-state index contributed by atoms with van der Waals surface area (Å²) in [5.74, 6) is -1.04. The van der Waals surface area contributed by atoms with Crippen molar-refractivity contribution in [1.29, 1.82) is 0 Å². The second-order valence-electron chi connectivity index (χ2n) is 4.02. The molecular weight excluding hydrogens is 224 g/mol. The van der Waals surface area contributed by atoms with E-state index in [1.165, 1.54) is 32.0 Å². The van der Waals surface area contributed by atoms with Gasteiger partial charge in [0.05, 0.1) is 10.5 Å². The lowest BCUT2D eigenvalue weighted by Crippen LogP contribution is -2.22. The van der Waals surface area contributed by atoms with Crippen LogP contribution in [0.2, 0.25) is 0 Å². The molecule has 0 atom stereocenters. The van der Waals surface area contributed by atoms with Crippen molar-refractivity contribution in [1.82, 2.24) is 4.90 Å². The van der Waals surface area contributed by atoms with Gasteiger partial charge in [0, 0.05) is 19.7 Å². The van der Waals surface area contributed by atoms with Crippen LogP contribution in [0.3, 0.4) is 0 Å². The summed E-state index contributed by atoms with van der Waals surface area (Å²) in [7, 11) is 3.03. The molecule has 0 aliphatic rings. The van der Waals surface area contributed by atoms with E-state index in [1.54, 1.807) is 6.92 Å². The van der Waals surface area contributed by atoms with Gasteiger partial charge in [-0.25, -0.2) is 0 Å². The summed E-state index contributed by atoms with van der Waals surface area (Å²) in [6, 6.07) is 1.46. The van der Waals surface area contributed by atoms with Crippen LogP contribution in [0.1, 0.15) is 21.5 Å². The molecule has 1 N–H and O–H groups in total. The Morgan fingerprint density at radius 1 is 1.41 bits per heavy atom. The molecule has 92 valence electrons. The maximum absolute atomic E-state index is 11.7. The van der Waals surface area contributed by atoms with Crippen LogP contribution in [-0.2, 0) is 0 Å². The summed E-state index contributed by atoms with van der Waals surface area (Å²) in [5, 5.41) is 20.7. The first-order chi connectivity index (χ1) is 7.77. The Kier molecular flexibility index (Phi) is 3.36. The monoisotopic (exact) mass is 238 g/mol. The van der Waals surface area contributed by atoms with E-state index < -0.39 is 22.3 Å². The SMILES string of the molecule is Cc1cc(C(=O)N(C)C)c(O)c([N+](=O)[O-])c1C. The molecule has 0 radical (unpaired) electrons. The maximum atomic E-state index is 11.7. The van der Waals surface area contributed by atoms with Crippen molar-refractivity contribution in [3.8, 4) is 5.75 Å². The Balaban J connectivity index is 3.56. The molecule has 6 heteroatoms. The molecule has 0 fully saturated rings. The first kappa shape index (κ1) is 13.0. The third-order valence-corrected chi connectivity index (χ3v) is 2.61. The van der Waals surface area contributed by atoms with Crippen LogP contribution in [0.25, 0.3) is 0 Å². The largest absolute Gasteiger partial charge is 0.502 e. The maximum Gasteiger partial charge on any atom is 0.314 e. The fourth-order valence-corrected chi connectivity index (χ4v) is 1.51. The molecule has 0 aromatic heterocycles. The van der Waals surface area contributed by atoms with Crippen molar-refractivity contribution in [2.75, 3.05) is 14.1 Å². The van der Waals surface area contributed by atoms with Gasteiger partial charge in [-0.1, -0.05) is 0 Å². The van der Waals surface area contributed by atoms with E-state index >= 15 is 0 Å². The van der Waals surface area contributed by atoms with E-state index in [0.29, 0.717) is 11.1 Å². The van der Waals surface area contributed by atoms with Gasteiger partial charge in [-0.2, -0.15) is 0 Å². The number of aryl methyl sites for hydroxylation is 1. The van der Waals surface area contributed by atoms with Crippen LogP contribution in [0.5, 0.6) is 5.75 Å². The van der Waals surface area contributed by atoms with Gasteiger partial charge in [0.1, 0.15) is 0 Å².